The summed E-state index contributed by atoms with van der Waals surface area (Å²) in [5.41, 5.74) is 3.20. The number of esters is 1. The van der Waals surface area contributed by atoms with Crippen LogP contribution in [0, 0.1) is 5.92 Å². The van der Waals surface area contributed by atoms with E-state index in [9.17, 15) is 9.59 Å². The van der Waals surface area contributed by atoms with Crippen LogP contribution in [0.15, 0.2) is 47.3 Å². The van der Waals surface area contributed by atoms with Gasteiger partial charge in [-0.3, -0.25) is 4.79 Å². The summed E-state index contributed by atoms with van der Waals surface area (Å²) in [6.45, 7) is 1.90. The molecule has 0 aromatic heterocycles. The van der Waals surface area contributed by atoms with Crippen molar-refractivity contribution in [1.29, 1.82) is 0 Å². The van der Waals surface area contributed by atoms with E-state index in [4.69, 9.17) is 9.47 Å². The molecule has 1 heterocycles. The Kier molecular flexibility index (Phi) is 5.25. The summed E-state index contributed by atoms with van der Waals surface area (Å²) < 4.78 is 11.1. The summed E-state index contributed by atoms with van der Waals surface area (Å²) in [5, 5.41) is 3.32. The highest BCUT2D eigenvalue weighted by molar-refractivity contribution is 5.96. The van der Waals surface area contributed by atoms with Crippen molar-refractivity contribution < 1.29 is 19.1 Å². The molecule has 5 nitrogen and oxygen atoms in total. The van der Waals surface area contributed by atoms with Gasteiger partial charge in [-0.05, 0) is 56.7 Å². The number of fused-ring (bicyclic) bond motifs is 1. The SMILES string of the molecule is COc1ccc(C2C(C(=O)OC3CCCC3)=C(C)NC3=CCCC(=O)C32)cc1. The van der Waals surface area contributed by atoms with Crippen molar-refractivity contribution in [2.24, 2.45) is 5.92 Å². The van der Waals surface area contributed by atoms with Gasteiger partial charge in [-0.15, -0.1) is 0 Å². The van der Waals surface area contributed by atoms with Crippen molar-refractivity contribution in [2.75, 3.05) is 7.11 Å². The minimum atomic E-state index is -0.364. The molecule has 1 aliphatic heterocycles. The second-order valence-corrected chi connectivity index (χ2v) is 7.87. The molecular formula is C23H27NO4. The Morgan fingerprint density at radius 3 is 2.50 bits per heavy atom. The molecule has 1 fully saturated rings. The number of benzene rings is 1. The molecule has 0 radical (unpaired) electrons. The molecule has 28 heavy (non-hydrogen) atoms. The average molecular weight is 381 g/mol. The van der Waals surface area contributed by atoms with Crippen LogP contribution < -0.4 is 10.1 Å². The van der Waals surface area contributed by atoms with Crippen LogP contribution in [-0.4, -0.2) is 25.0 Å². The molecule has 0 bridgehead atoms. The van der Waals surface area contributed by atoms with Crippen LogP contribution >= 0.6 is 0 Å². The van der Waals surface area contributed by atoms with Gasteiger partial charge in [0, 0.05) is 23.7 Å². The Balaban J connectivity index is 1.75. The van der Waals surface area contributed by atoms with Crippen molar-refractivity contribution in [3.8, 4) is 5.75 Å². The van der Waals surface area contributed by atoms with Gasteiger partial charge in [0.05, 0.1) is 18.6 Å². The summed E-state index contributed by atoms with van der Waals surface area (Å²) >= 11 is 0. The van der Waals surface area contributed by atoms with Crippen LogP contribution in [0.2, 0.25) is 0 Å². The van der Waals surface area contributed by atoms with Gasteiger partial charge in [0.2, 0.25) is 0 Å². The minimum absolute atomic E-state index is 0.0108. The number of Topliss-reactive ketones (excluding diaryl/α,β-unsaturated/α-hetero) is 1. The topological polar surface area (TPSA) is 64.6 Å². The van der Waals surface area contributed by atoms with Crippen molar-refractivity contribution in [1.82, 2.24) is 5.32 Å². The Labute approximate surface area is 165 Å². The number of hydrogen-bond acceptors (Lipinski definition) is 5. The van der Waals surface area contributed by atoms with Gasteiger partial charge in [-0.25, -0.2) is 4.79 Å². The fraction of sp³-hybridized carbons (Fsp3) is 0.478. The molecule has 1 saturated carbocycles. The summed E-state index contributed by atoms with van der Waals surface area (Å²) in [5.74, 6) is -0.0732. The lowest BCUT2D eigenvalue weighted by Crippen LogP contribution is -2.41. The molecule has 1 N–H and O–H groups in total. The van der Waals surface area contributed by atoms with Crippen molar-refractivity contribution in [3.63, 3.8) is 0 Å². The first kappa shape index (κ1) is 18.8. The van der Waals surface area contributed by atoms with Gasteiger partial charge < -0.3 is 14.8 Å². The number of allylic oxidation sites excluding steroid dienone is 3. The largest absolute Gasteiger partial charge is 0.497 e. The van der Waals surface area contributed by atoms with E-state index < -0.39 is 0 Å². The number of ketones is 1. The molecule has 2 aliphatic carbocycles. The second kappa shape index (κ2) is 7.82. The van der Waals surface area contributed by atoms with E-state index >= 15 is 0 Å². The molecular weight excluding hydrogens is 354 g/mol. The van der Waals surface area contributed by atoms with E-state index in [2.05, 4.69) is 11.4 Å². The number of carbonyl (C=O) groups excluding carboxylic acids is 2. The molecule has 4 rings (SSSR count). The fourth-order valence-electron chi connectivity index (χ4n) is 4.68. The van der Waals surface area contributed by atoms with E-state index in [1.165, 1.54) is 0 Å². The van der Waals surface area contributed by atoms with Crippen LogP contribution in [-0.2, 0) is 14.3 Å². The zero-order valence-corrected chi connectivity index (χ0v) is 16.5. The third-order valence-electron chi connectivity index (χ3n) is 6.09. The van der Waals surface area contributed by atoms with Gasteiger partial charge in [-0.1, -0.05) is 18.2 Å². The lowest BCUT2D eigenvalue weighted by atomic mass is 9.71. The molecule has 0 amide bonds. The van der Waals surface area contributed by atoms with E-state index in [1.54, 1.807) is 7.11 Å². The van der Waals surface area contributed by atoms with Crippen molar-refractivity contribution in [2.45, 2.75) is 57.5 Å². The molecule has 2 atom stereocenters. The molecule has 1 aromatic carbocycles. The zero-order chi connectivity index (χ0) is 19.7. The summed E-state index contributed by atoms with van der Waals surface area (Å²) in [6.07, 6.45) is 7.37. The summed E-state index contributed by atoms with van der Waals surface area (Å²) in [4.78, 5) is 26.1. The quantitative estimate of drug-likeness (QED) is 0.799. The van der Waals surface area contributed by atoms with Crippen LogP contribution in [0.25, 0.3) is 0 Å². The van der Waals surface area contributed by atoms with Crippen molar-refractivity contribution >= 4 is 11.8 Å². The molecule has 3 aliphatic rings. The molecule has 148 valence electrons. The van der Waals surface area contributed by atoms with Gasteiger partial charge >= 0.3 is 5.97 Å². The molecule has 2 unspecified atom stereocenters. The monoisotopic (exact) mass is 381 g/mol. The first-order valence-corrected chi connectivity index (χ1v) is 10.1. The predicted molar refractivity (Wildman–Crippen MR) is 106 cm³/mol. The maximum absolute atomic E-state index is 13.2. The normalized spacial score (nSPS) is 25.1. The first-order chi connectivity index (χ1) is 13.6. The lowest BCUT2D eigenvalue weighted by Gasteiger charge is -2.38. The maximum atomic E-state index is 13.2. The summed E-state index contributed by atoms with van der Waals surface area (Å²) in [6, 6.07) is 7.65. The van der Waals surface area contributed by atoms with E-state index in [-0.39, 0.29) is 29.7 Å². The smallest absolute Gasteiger partial charge is 0.336 e. The van der Waals surface area contributed by atoms with Gasteiger partial charge in [0.1, 0.15) is 17.6 Å². The van der Waals surface area contributed by atoms with Crippen LogP contribution in [0.4, 0.5) is 0 Å². The zero-order valence-electron chi connectivity index (χ0n) is 16.5. The molecule has 1 aromatic rings. The van der Waals surface area contributed by atoms with Crippen molar-refractivity contribution in [3.05, 3.63) is 52.9 Å². The number of ether oxygens (including phenoxy) is 2. The average Bonchev–Trinajstić information content (AvgIpc) is 3.20. The van der Waals surface area contributed by atoms with Gasteiger partial charge in [-0.2, -0.15) is 0 Å². The number of rotatable bonds is 4. The Morgan fingerprint density at radius 1 is 1.11 bits per heavy atom. The standard InChI is InChI=1S/C23H27NO4/c1-14-20(23(26)28-17-6-3-4-7-17)21(15-10-12-16(27-2)13-11-15)22-18(24-14)8-5-9-19(22)25/h8,10-13,17,21-22,24H,3-7,9H2,1-2H3. The Bertz CT molecular complexity index is 831. The summed E-state index contributed by atoms with van der Waals surface area (Å²) in [7, 11) is 1.62. The molecule has 0 saturated heterocycles. The third-order valence-corrected chi connectivity index (χ3v) is 6.09. The fourth-order valence-corrected chi connectivity index (χ4v) is 4.68. The number of hydrogen-bond donors (Lipinski definition) is 1. The number of methoxy groups -OCH3 is 1. The Morgan fingerprint density at radius 2 is 1.82 bits per heavy atom. The minimum Gasteiger partial charge on any atom is -0.497 e. The first-order valence-electron chi connectivity index (χ1n) is 10.1. The lowest BCUT2D eigenvalue weighted by molar-refractivity contribution is -0.144. The van der Waals surface area contributed by atoms with Crippen LogP contribution in [0.5, 0.6) is 5.75 Å². The van der Waals surface area contributed by atoms with Crippen LogP contribution in [0.1, 0.15) is 56.9 Å². The van der Waals surface area contributed by atoms with E-state index in [0.29, 0.717) is 12.0 Å². The van der Waals surface area contributed by atoms with Gasteiger partial charge in [0.25, 0.3) is 0 Å². The highest BCUT2D eigenvalue weighted by Crippen LogP contribution is 2.44. The predicted octanol–water partition coefficient (Wildman–Crippen LogP) is 4.00. The highest BCUT2D eigenvalue weighted by atomic mass is 16.5. The maximum Gasteiger partial charge on any atom is 0.336 e. The number of nitrogens with one attached hydrogen (secondary N) is 1. The van der Waals surface area contributed by atoms with Gasteiger partial charge in [0.15, 0.2) is 0 Å². The Hall–Kier alpha value is -2.56. The third kappa shape index (κ3) is 3.46. The number of carbonyl (C=O) groups is 2. The van der Waals surface area contributed by atoms with E-state index in [1.807, 2.05) is 31.2 Å². The highest BCUT2D eigenvalue weighted by Gasteiger charge is 2.43. The molecule has 5 heteroatoms. The van der Waals surface area contributed by atoms with E-state index in [0.717, 1.165) is 54.8 Å². The van der Waals surface area contributed by atoms with Crippen LogP contribution in [0.3, 0.4) is 0 Å². The molecule has 0 spiro atoms. The second-order valence-electron chi connectivity index (χ2n) is 7.87.